The number of piperidine rings is 1. The molecule has 0 bridgehead atoms. The highest BCUT2D eigenvalue weighted by atomic mass is 15.2. The molecule has 0 aromatic heterocycles. The second kappa shape index (κ2) is 9.61. The lowest BCUT2D eigenvalue weighted by Crippen LogP contribution is -2.51. The van der Waals surface area contributed by atoms with Crippen LogP contribution in [-0.4, -0.2) is 61.7 Å². The monoisotopic (exact) mass is 360 g/mol. The zero-order chi connectivity index (χ0) is 19.2. The Morgan fingerprint density at radius 3 is 2.27 bits per heavy atom. The van der Waals surface area contributed by atoms with Crippen LogP contribution in [0.2, 0.25) is 0 Å². The molecule has 4 nitrogen and oxygen atoms in total. The van der Waals surface area contributed by atoms with Gasteiger partial charge in [0.05, 0.1) is 0 Å². The van der Waals surface area contributed by atoms with Gasteiger partial charge in [-0.25, -0.2) is 0 Å². The predicted octanol–water partition coefficient (Wildman–Crippen LogP) is 3.36. The van der Waals surface area contributed by atoms with Crippen LogP contribution in [0.3, 0.4) is 0 Å². The molecular weight excluding hydrogens is 320 g/mol. The maximum Gasteiger partial charge on any atom is 0.0282 e. The molecule has 0 aliphatic carbocycles. The number of hydrogen-bond acceptors (Lipinski definition) is 4. The average molecular weight is 361 g/mol. The van der Waals surface area contributed by atoms with Crippen molar-refractivity contribution in [2.45, 2.75) is 53.0 Å². The maximum atomic E-state index is 4.38. The van der Waals surface area contributed by atoms with Gasteiger partial charge in [0.1, 0.15) is 0 Å². The number of hydrogen-bond donors (Lipinski definition) is 2. The molecule has 0 aromatic carbocycles. The van der Waals surface area contributed by atoms with Gasteiger partial charge in [-0.1, -0.05) is 33.9 Å². The number of nitrogens with one attached hydrogen (secondary N) is 2. The molecule has 148 valence electrons. The van der Waals surface area contributed by atoms with Crippen molar-refractivity contribution < 1.29 is 0 Å². The average Bonchev–Trinajstić information content (AvgIpc) is 2.67. The van der Waals surface area contributed by atoms with E-state index in [0.717, 1.165) is 56.5 Å². The minimum atomic E-state index is -0.129. The zero-order valence-electron chi connectivity index (χ0n) is 17.5. The minimum absolute atomic E-state index is 0.129. The molecule has 0 spiro atoms. The quantitative estimate of drug-likeness (QED) is 0.650. The van der Waals surface area contributed by atoms with Gasteiger partial charge in [-0.2, -0.15) is 0 Å². The van der Waals surface area contributed by atoms with E-state index in [2.05, 4.69) is 67.4 Å². The summed E-state index contributed by atoms with van der Waals surface area (Å²) < 4.78 is 0. The van der Waals surface area contributed by atoms with Gasteiger partial charge in [0.2, 0.25) is 0 Å². The first-order valence-electron chi connectivity index (χ1n) is 10.4. The molecule has 0 radical (unpaired) electrons. The number of likely N-dealkylation sites (tertiary alicyclic amines) is 1. The highest BCUT2D eigenvalue weighted by Crippen LogP contribution is 2.34. The van der Waals surface area contributed by atoms with Gasteiger partial charge in [-0.05, 0) is 37.8 Å². The summed E-state index contributed by atoms with van der Waals surface area (Å²) in [5.74, 6) is 0. The van der Waals surface area contributed by atoms with E-state index in [1.165, 1.54) is 31.6 Å². The van der Waals surface area contributed by atoms with Crippen molar-refractivity contribution in [1.29, 1.82) is 0 Å². The van der Waals surface area contributed by atoms with Crippen molar-refractivity contribution in [2.24, 2.45) is 5.41 Å². The molecular formula is C22H40N4. The summed E-state index contributed by atoms with van der Waals surface area (Å²) in [6.07, 6.45) is 5.92. The van der Waals surface area contributed by atoms with Crippen LogP contribution in [0, 0.1) is 5.41 Å². The van der Waals surface area contributed by atoms with E-state index in [9.17, 15) is 0 Å². The molecule has 2 saturated heterocycles. The SMILES string of the molecule is C=C(/C=C(\CC)N1CCC(N2CCNCC2)CC1)C(C)(C)C(=C)NCC. The van der Waals surface area contributed by atoms with Crippen LogP contribution in [0.25, 0.3) is 0 Å². The van der Waals surface area contributed by atoms with Gasteiger partial charge < -0.3 is 15.5 Å². The molecule has 2 N–H and O–H groups in total. The first-order chi connectivity index (χ1) is 12.4. The summed E-state index contributed by atoms with van der Waals surface area (Å²) >= 11 is 0. The first kappa shape index (κ1) is 21.0. The molecule has 0 unspecified atom stereocenters. The van der Waals surface area contributed by atoms with Crippen LogP contribution in [0.1, 0.15) is 47.0 Å². The highest BCUT2D eigenvalue weighted by molar-refractivity contribution is 5.33. The lowest BCUT2D eigenvalue weighted by atomic mass is 9.81. The lowest BCUT2D eigenvalue weighted by molar-refractivity contribution is 0.110. The largest absolute Gasteiger partial charge is 0.388 e. The van der Waals surface area contributed by atoms with Gasteiger partial charge in [0, 0.05) is 68.7 Å². The van der Waals surface area contributed by atoms with Crippen molar-refractivity contribution >= 4 is 0 Å². The Balaban J connectivity index is 1.96. The van der Waals surface area contributed by atoms with E-state index in [4.69, 9.17) is 0 Å². The molecule has 2 aliphatic rings. The highest BCUT2D eigenvalue weighted by Gasteiger charge is 2.28. The van der Waals surface area contributed by atoms with Gasteiger partial charge in [-0.3, -0.25) is 4.90 Å². The van der Waals surface area contributed by atoms with E-state index < -0.39 is 0 Å². The standard InChI is InChI=1S/C22H40N4/c1-7-20(17-18(3)22(5,6)19(4)24-8-2)25-13-9-21(10-14-25)26-15-11-23-12-16-26/h17,21,23-24H,3-4,7-16H2,1-2,5-6H3/b20-17+. The summed E-state index contributed by atoms with van der Waals surface area (Å²) in [6.45, 7) is 25.3. The normalized spacial score (nSPS) is 20.9. The third kappa shape index (κ3) is 5.14. The Labute approximate surface area is 161 Å². The van der Waals surface area contributed by atoms with E-state index >= 15 is 0 Å². The summed E-state index contributed by atoms with van der Waals surface area (Å²) in [6, 6.07) is 0.764. The van der Waals surface area contributed by atoms with Crippen molar-refractivity contribution in [3.8, 4) is 0 Å². The molecule has 2 fully saturated rings. The molecule has 2 rings (SSSR count). The molecule has 0 atom stereocenters. The summed E-state index contributed by atoms with van der Waals surface area (Å²) in [5, 5.41) is 6.83. The number of allylic oxidation sites excluding steroid dienone is 3. The van der Waals surface area contributed by atoms with Gasteiger partial charge >= 0.3 is 0 Å². The summed E-state index contributed by atoms with van der Waals surface area (Å²) in [5.41, 5.74) is 3.49. The first-order valence-corrected chi connectivity index (χ1v) is 10.4. The zero-order valence-corrected chi connectivity index (χ0v) is 17.5. The lowest BCUT2D eigenvalue weighted by Gasteiger charge is -2.42. The van der Waals surface area contributed by atoms with E-state index in [0.29, 0.717) is 0 Å². The molecule has 0 aromatic rings. The number of piperazine rings is 1. The Morgan fingerprint density at radius 2 is 1.73 bits per heavy atom. The second-order valence-corrected chi connectivity index (χ2v) is 8.15. The molecule has 2 aliphatic heterocycles. The van der Waals surface area contributed by atoms with Crippen molar-refractivity contribution in [1.82, 2.24) is 20.4 Å². The Bertz CT molecular complexity index is 506. The number of rotatable bonds is 8. The molecule has 26 heavy (non-hydrogen) atoms. The van der Waals surface area contributed by atoms with Crippen LogP contribution in [0.15, 0.2) is 36.2 Å². The van der Waals surface area contributed by atoms with Gasteiger partial charge in [0.15, 0.2) is 0 Å². The Hall–Kier alpha value is -1.26. The van der Waals surface area contributed by atoms with Crippen LogP contribution in [0.4, 0.5) is 0 Å². The molecule has 0 amide bonds. The van der Waals surface area contributed by atoms with Gasteiger partial charge in [-0.15, -0.1) is 0 Å². The smallest absolute Gasteiger partial charge is 0.0282 e. The van der Waals surface area contributed by atoms with E-state index in [-0.39, 0.29) is 5.41 Å². The fourth-order valence-corrected chi connectivity index (χ4v) is 3.99. The summed E-state index contributed by atoms with van der Waals surface area (Å²) in [4.78, 5) is 5.27. The molecule has 2 heterocycles. The van der Waals surface area contributed by atoms with Crippen LogP contribution >= 0.6 is 0 Å². The fourth-order valence-electron chi connectivity index (χ4n) is 3.99. The number of nitrogens with zero attached hydrogens (tertiary/aromatic N) is 2. The minimum Gasteiger partial charge on any atom is -0.388 e. The van der Waals surface area contributed by atoms with Crippen LogP contribution in [0.5, 0.6) is 0 Å². The predicted molar refractivity (Wildman–Crippen MR) is 113 cm³/mol. The van der Waals surface area contributed by atoms with Crippen LogP contribution < -0.4 is 10.6 Å². The topological polar surface area (TPSA) is 30.5 Å². The van der Waals surface area contributed by atoms with Crippen molar-refractivity contribution in [3.05, 3.63) is 36.2 Å². The van der Waals surface area contributed by atoms with E-state index in [1.807, 2.05) is 0 Å². The second-order valence-electron chi connectivity index (χ2n) is 8.15. The van der Waals surface area contributed by atoms with Crippen molar-refractivity contribution in [2.75, 3.05) is 45.8 Å². The van der Waals surface area contributed by atoms with Gasteiger partial charge in [0.25, 0.3) is 0 Å². The molecule has 0 saturated carbocycles. The maximum absolute atomic E-state index is 4.38. The van der Waals surface area contributed by atoms with E-state index in [1.54, 1.807) is 0 Å². The molecule has 4 heteroatoms. The Kier molecular flexibility index (Phi) is 7.78. The Morgan fingerprint density at radius 1 is 1.12 bits per heavy atom. The third-order valence-electron chi connectivity index (χ3n) is 6.19. The fraction of sp³-hybridized carbons (Fsp3) is 0.727. The summed E-state index contributed by atoms with van der Waals surface area (Å²) in [7, 11) is 0. The van der Waals surface area contributed by atoms with Crippen LogP contribution in [-0.2, 0) is 0 Å². The third-order valence-corrected chi connectivity index (χ3v) is 6.19. The van der Waals surface area contributed by atoms with Crippen molar-refractivity contribution in [3.63, 3.8) is 0 Å².